The zero-order valence-corrected chi connectivity index (χ0v) is 14.2. The number of hydrogen-bond donors (Lipinski definition) is 0. The number of amides is 1. The lowest BCUT2D eigenvalue weighted by molar-refractivity contribution is -0.0448. The minimum Gasteiger partial charge on any atom is -0.477 e. The number of hydrogen-bond acceptors (Lipinski definition) is 5. The fourth-order valence-electron chi connectivity index (χ4n) is 3.63. The number of ether oxygens (including phenoxy) is 2. The molecule has 5 nitrogen and oxygen atoms in total. The Morgan fingerprint density at radius 3 is 3.12 bits per heavy atom. The molecule has 4 rings (SSSR count). The van der Waals surface area contributed by atoms with E-state index in [9.17, 15) is 4.79 Å². The molecular weight excluding hydrogens is 324 g/mol. The van der Waals surface area contributed by atoms with Crippen molar-refractivity contribution in [3.8, 4) is 5.88 Å². The fourth-order valence-corrected chi connectivity index (χ4v) is 4.26. The van der Waals surface area contributed by atoms with E-state index in [2.05, 4.69) is 4.98 Å². The molecule has 0 radical (unpaired) electrons. The molecule has 3 unspecified atom stereocenters. The molecule has 0 bridgehead atoms. The maximum atomic E-state index is 12.7. The van der Waals surface area contributed by atoms with Crippen LogP contribution in [0.15, 0.2) is 41.2 Å². The highest BCUT2D eigenvalue weighted by atomic mass is 32.1. The van der Waals surface area contributed by atoms with Gasteiger partial charge >= 0.3 is 0 Å². The Bertz CT molecular complexity index is 677. The largest absolute Gasteiger partial charge is 0.477 e. The van der Waals surface area contributed by atoms with E-state index in [0.717, 1.165) is 18.4 Å². The number of rotatable bonds is 4. The maximum absolute atomic E-state index is 12.7. The average molecular weight is 344 g/mol. The molecule has 2 fully saturated rings. The molecule has 1 aliphatic heterocycles. The number of carbonyl (C=O) groups is 1. The van der Waals surface area contributed by atoms with Gasteiger partial charge in [-0.1, -0.05) is 6.07 Å². The number of aromatic nitrogens is 1. The van der Waals surface area contributed by atoms with Gasteiger partial charge in [0.2, 0.25) is 5.88 Å². The first kappa shape index (κ1) is 15.6. The van der Waals surface area contributed by atoms with E-state index < -0.39 is 0 Å². The molecule has 1 amide bonds. The minimum absolute atomic E-state index is 0.124. The van der Waals surface area contributed by atoms with Crippen LogP contribution in [0.25, 0.3) is 0 Å². The fraction of sp³-hybridized carbons (Fsp3) is 0.444. The van der Waals surface area contributed by atoms with Gasteiger partial charge in [-0.05, 0) is 36.3 Å². The molecule has 2 aromatic heterocycles. The van der Waals surface area contributed by atoms with E-state index >= 15 is 0 Å². The van der Waals surface area contributed by atoms with Crippen LogP contribution in [-0.2, 0) is 4.74 Å². The third kappa shape index (κ3) is 3.16. The number of morpholine rings is 1. The molecule has 3 atom stereocenters. The van der Waals surface area contributed by atoms with Crippen LogP contribution < -0.4 is 4.74 Å². The Labute approximate surface area is 145 Å². The van der Waals surface area contributed by atoms with Gasteiger partial charge in [0.05, 0.1) is 30.9 Å². The Morgan fingerprint density at radius 1 is 1.38 bits per heavy atom. The second kappa shape index (κ2) is 6.91. The number of pyridine rings is 1. The number of fused-ring (bicyclic) bond motifs is 1. The summed E-state index contributed by atoms with van der Waals surface area (Å²) in [5.74, 6) is 1.17. The van der Waals surface area contributed by atoms with Crippen LogP contribution in [0.5, 0.6) is 5.88 Å². The van der Waals surface area contributed by atoms with Gasteiger partial charge in [0, 0.05) is 24.2 Å². The summed E-state index contributed by atoms with van der Waals surface area (Å²) in [4.78, 5) is 18.9. The number of nitrogens with zero attached hydrogens (tertiary/aromatic N) is 2. The van der Waals surface area contributed by atoms with Crippen molar-refractivity contribution in [2.45, 2.75) is 25.0 Å². The van der Waals surface area contributed by atoms with E-state index in [4.69, 9.17) is 9.47 Å². The molecule has 1 saturated heterocycles. The highest BCUT2D eigenvalue weighted by Crippen LogP contribution is 2.35. The Kier molecular flexibility index (Phi) is 4.49. The van der Waals surface area contributed by atoms with Crippen LogP contribution in [0.2, 0.25) is 0 Å². The topological polar surface area (TPSA) is 51.7 Å². The minimum atomic E-state index is 0.124. The van der Waals surface area contributed by atoms with Gasteiger partial charge in [-0.15, -0.1) is 0 Å². The third-order valence-electron chi connectivity index (χ3n) is 4.77. The predicted molar refractivity (Wildman–Crippen MR) is 91.3 cm³/mol. The van der Waals surface area contributed by atoms with Crippen LogP contribution in [0, 0.1) is 5.92 Å². The monoisotopic (exact) mass is 344 g/mol. The van der Waals surface area contributed by atoms with E-state index in [1.807, 2.05) is 39.9 Å². The van der Waals surface area contributed by atoms with E-state index in [-0.39, 0.29) is 18.1 Å². The van der Waals surface area contributed by atoms with Crippen molar-refractivity contribution >= 4 is 17.2 Å². The molecule has 0 spiro atoms. The first-order chi connectivity index (χ1) is 11.8. The third-order valence-corrected chi connectivity index (χ3v) is 5.45. The van der Waals surface area contributed by atoms with E-state index in [1.54, 1.807) is 17.5 Å². The normalized spacial score (nSPS) is 26.2. The predicted octanol–water partition coefficient (Wildman–Crippen LogP) is 2.84. The van der Waals surface area contributed by atoms with Crippen molar-refractivity contribution in [3.05, 3.63) is 46.8 Å². The molecule has 3 heterocycles. The molecule has 1 saturated carbocycles. The highest BCUT2D eigenvalue weighted by Gasteiger charge is 2.43. The van der Waals surface area contributed by atoms with E-state index in [0.29, 0.717) is 31.6 Å². The summed E-state index contributed by atoms with van der Waals surface area (Å²) in [6.45, 7) is 1.91. The van der Waals surface area contributed by atoms with Gasteiger partial charge in [0.1, 0.15) is 0 Å². The quantitative estimate of drug-likeness (QED) is 0.856. The first-order valence-electron chi connectivity index (χ1n) is 8.30. The molecule has 0 aromatic carbocycles. The highest BCUT2D eigenvalue weighted by molar-refractivity contribution is 7.08. The summed E-state index contributed by atoms with van der Waals surface area (Å²) < 4.78 is 11.7. The standard InChI is InChI=1S/C18H20N2O3S/c21-18(14-4-8-24-12-14)20-6-7-22-16-10-13(9-15(16)20)11-23-17-3-1-2-5-19-17/h1-5,8,12-13,15-16H,6-7,9-11H2. The summed E-state index contributed by atoms with van der Waals surface area (Å²) in [7, 11) is 0. The van der Waals surface area contributed by atoms with Crippen molar-refractivity contribution in [1.29, 1.82) is 0 Å². The van der Waals surface area contributed by atoms with Crippen molar-refractivity contribution in [2.24, 2.45) is 5.92 Å². The lowest BCUT2D eigenvalue weighted by Crippen LogP contribution is -2.51. The van der Waals surface area contributed by atoms with E-state index in [1.165, 1.54) is 0 Å². The van der Waals surface area contributed by atoms with Gasteiger partial charge in [-0.2, -0.15) is 11.3 Å². The van der Waals surface area contributed by atoms with Crippen LogP contribution in [0.1, 0.15) is 23.2 Å². The van der Waals surface area contributed by atoms with Gasteiger partial charge in [0.25, 0.3) is 5.91 Å². The number of carbonyl (C=O) groups excluding carboxylic acids is 1. The summed E-state index contributed by atoms with van der Waals surface area (Å²) >= 11 is 1.56. The summed E-state index contributed by atoms with van der Waals surface area (Å²) in [5, 5.41) is 3.87. The van der Waals surface area contributed by atoms with Crippen molar-refractivity contribution in [1.82, 2.24) is 9.88 Å². The average Bonchev–Trinajstić information content (AvgIpc) is 3.29. The SMILES string of the molecule is O=C(c1ccsc1)N1CCOC2CC(COc3ccccn3)CC21. The summed E-state index contributed by atoms with van der Waals surface area (Å²) in [6, 6.07) is 7.71. The molecule has 24 heavy (non-hydrogen) atoms. The molecule has 0 N–H and O–H groups in total. The first-order valence-corrected chi connectivity index (χ1v) is 9.24. The van der Waals surface area contributed by atoms with Gasteiger partial charge < -0.3 is 14.4 Å². The van der Waals surface area contributed by atoms with Crippen LogP contribution in [0.3, 0.4) is 0 Å². The second-order valence-electron chi connectivity index (χ2n) is 6.30. The number of thiophene rings is 1. The zero-order chi connectivity index (χ0) is 16.4. The maximum Gasteiger partial charge on any atom is 0.255 e. The van der Waals surface area contributed by atoms with Crippen LogP contribution in [-0.4, -0.2) is 47.7 Å². The van der Waals surface area contributed by atoms with Crippen molar-refractivity contribution < 1.29 is 14.3 Å². The summed E-state index contributed by atoms with van der Waals surface area (Å²) in [5.41, 5.74) is 0.786. The smallest absolute Gasteiger partial charge is 0.255 e. The van der Waals surface area contributed by atoms with Gasteiger partial charge in [-0.25, -0.2) is 4.98 Å². The zero-order valence-electron chi connectivity index (χ0n) is 13.3. The Morgan fingerprint density at radius 2 is 2.33 bits per heavy atom. The molecule has 126 valence electrons. The van der Waals surface area contributed by atoms with Crippen molar-refractivity contribution in [3.63, 3.8) is 0 Å². The van der Waals surface area contributed by atoms with Gasteiger partial charge in [-0.3, -0.25) is 4.79 Å². The van der Waals surface area contributed by atoms with Crippen LogP contribution in [0.4, 0.5) is 0 Å². The lowest BCUT2D eigenvalue weighted by Gasteiger charge is -2.37. The molecule has 1 aliphatic carbocycles. The molecule has 2 aromatic rings. The van der Waals surface area contributed by atoms with Crippen molar-refractivity contribution in [2.75, 3.05) is 19.8 Å². The van der Waals surface area contributed by atoms with Crippen LogP contribution >= 0.6 is 11.3 Å². The second-order valence-corrected chi connectivity index (χ2v) is 7.08. The lowest BCUT2D eigenvalue weighted by atomic mass is 10.1. The molecule has 6 heteroatoms. The molecule has 2 aliphatic rings. The Hall–Kier alpha value is -1.92. The molecular formula is C18H20N2O3S. The Balaban J connectivity index is 1.40. The summed E-state index contributed by atoms with van der Waals surface area (Å²) in [6.07, 6.45) is 3.71. The van der Waals surface area contributed by atoms with Gasteiger partial charge in [0.15, 0.2) is 0 Å².